The molecule has 0 unspecified atom stereocenters. The number of aromatic hydroxyl groups is 1. The van der Waals surface area contributed by atoms with E-state index in [2.05, 4.69) is 4.98 Å². The Kier molecular flexibility index (Phi) is 3.45. The van der Waals surface area contributed by atoms with Gasteiger partial charge < -0.3 is 14.4 Å². The van der Waals surface area contributed by atoms with Gasteiger partial charge in [-0.15, -0.1) is 0 Å². The summed E-state index contributed by atoms with van der Waals surface area (Å²) in [5.41, 5.74) is 0.620. The smallest absolute Gasteiger partial charge is 0.487 e. The molecule has 2 rings (SSSR count). The number of aryl methyl sites for hydroxylation is 1. The summed E-state index contributed by atoms with van der Waals surface area (Å²) in [4.78, 5) is 4.02. The molecule has 0 atom stereocenters. The molecular weight excluding hydrogens is 241 g/mol. The summed E-state index contributed by atoms with van der Waals surface area (Å²) >= 11 is 0. The Balaban J connectivity index is 2.15. The lowest BCUT2D eigenvalue weighted by Gasteiger charge is -2.32. The lowest BCUT2D eigenvalue weighted by molar-refractivity contribution is 0.00578. The number of pyridine rings is 1. The van der Waals surface area contributed by atoms with Crippen molar-refractivity contribution in [1.29, 1.82) is 0 Å². The van der Waals surface area contributed by atoms with Crippen molar-refractivity contribution >= 4 is 13.2 Å². The fraction of sp³-hybridized carbons (Fsp3) is 0.500. The van der Waals surface area contributed by atoms with E-state index >= 15 is 0 Å². The molecule has 102 valence electrons. The first-order chi connectivity index (χ1) is 8.73. The molecule has 0 saturated carbocycles. The van der Waals surface area contributed by atoms with Crippen molar-refractivity contribution in [3.63, 3.8) is 0 Å². The molecule has 19 heavy (non-hydrogen) atoms. The molecule has 0 radical (unpaired) electrons. The van der Waals surface area contributed by atoms with E-state index in [-0.39, 0.29) is 17.0 Å². The maximum absolute atomic E-state index is 9.88. The zero-order valence-electron chi connectivity index (χ0n) is 12.1. The Morgan fingerprint density at radius 1 is 1.21 bits per heavy atom. The highest BCUT2D eigenvalue weighted by Crippen LogP contribution is 2.37. The minimum absolute atomic E-state index is 0.190. The lowest BCUT2D eigenvalue weighted by Crippen LogP contribution is -2.41. The van der Waals surface area contributed by atoms with Gasteiger partial charge in [0.25, 0.3) is 0 Å². The average molecular weight is 261 g/mol. The highest BCUT2D eigenvalue weighted by Gasteiger charge is 2.49. The third-order valence-electron chi connectivity index (χ3n) is 3.84. The summed E-state index contributed by atoms with van der Waals surface area (Å²) in [7, 11) is -0.405. The molecule has 2 heterocycles. The van der Waals surface area contributed by atoms with Crippen molar-refractivity contribution in [2.45, 2.75) is 45.8 Å². The summed E-state index contributed by atoms with van der Waals surface area (Å²) < 4.78 is 11.7. The molecule has 0 spiro atoms. The van der Waals surface area contributed by atoms with Gasteiger partial charge in [-0.3, -0.25) is 4.98 Å². The van der Waals surface area contributed by atoms with Gasteiger partial charge in [-0.05, 0) is 40.7 Å². The molecule has 0 amide bonds. The van der Waals surface area contributed by atoms with Gasteiger partial charge in [-0.1, -0.05) is 12.1 Å². The van der Waals surface area contributed by atoms with Crippen molar-refractivity contribution in [3.8, 4) is 5.75 Å². The lowest BCUT2D eigenvalue weighted by atomic mass is 9.89. The Morgan fingerprint density at radius 2 is 1.79 bits per heavy atom. The van der Waals surface area contributed by atoms with E-state index < -0.39 is 7.12 Å². The summed E-state index contributed by atoms with van der Waals surface area (Å²) in [6.45, 7) is 9.80. The number of nitrogens with zero attached hydrogens (tertiary/aromatic N) is 1. The highest BCUT2D eigenvalue weighted by molar-refractivity contribution is 6.52. The first kappa shape index (κ1) is 14.1. The van der Waals surface area contributed by atoms with Crippen molar-refractivity contribution in [1.82, 2.24) is 4.98 Å². The van der Waals surface area contributed by atoms with Crippen LogP contribution in [0.1, 0.15) is 39.0 Å². The first-order valence-corrected chi connectivity index (χ1v) is 6.41. The van der Waals surface area contributed by atoms with E-state index in [1.54, 1.807) is 25.3 Å². The Labute approximate surface area is 114 Å². The quantitative estimate of drug-likeness (QED) is 0.831. The molecule has 1 N–H and O–H groups in total. The van der Waals surface area contributed by atoms with Crippen LogP contribution in [0.25, 0.3) is 6.08 Å². The van der Waals surface area contributed by atoms with Gasteiger partial charge >= 0.3 is 7.12 Å². The molecule has 1 saturated heterocycles. The molecule has 5 heteroatoms. The first-order valence-electron chi connectivity index (χ1n) is 6.41. The largest absolute Gasteiger partial charge is 0.505 e. The van der Waals surface area contributed by atoms with E-state index in [1.165, 1.54) is 0 Å². The maximum Gasteiger partial charge on any atom is 0.487 e. The third-order valence-corrected chi connectivity index (χ3v) is 3.84. The van der Waals surface area contributed by atoms with Crippen LogP contribution in [0.4, 0.5) is 0 Å². The number of hydrogen-bond donors (Lipinski definition) is 1. The predicted octanol–water partition coefficient (Wildman–Crippen LogP) is 2.74. The van der Waals surface area contributed by atoms with Crippen LogP contribution in [0.5, 0.6) is 5.75 Å². The SMILES string of the molecule is Cc1nccc(/C=C/B2OC(C)(C)C(C)(C)O2)c1O. The Hall–Kier alpha value is -1.33. The second kappa shape index (κ2) is 4.65. The second-order valence-corrected chi connectivity index (χ2v) is 5.82. The van der Waals surface area contributed by atoms with E-state index in [0.717, 1.165) is 0 Å². The van der Waals surface area contributed by atoms with Gasteiger partial charge in [-0.2, -0.15) is 0 Å². The molecular formula is C14H20BNO3. The summed E-state index contributed by atoms with van der Waals surface area (Å²) in [5.74, 6) is 2.00. The Morgan fingerprint density at radius 3 is 2.37 bits per heavy atom. The van der Waals surface area contributed by atoms with Crippen molar-refractivity contribution < 1.29 is 14.4 Å². The average Bonchev–Trinajstić information content (AvgIpc) is 2.50. The minimum atomic E-state index is -0.405. The standard InChI is InChI=1S/C14H20BNO3/c1-10-12(17)11(7-9-16-10)6-8-15-18-13(2,3)14(4,5)19-15/h6-9,17H,1-5H3/b8-6+. The van der Waals surface area contributed by atoms with Crippen molar-refractivity contribution in [3.05, 3.63) is 29.5 Å². The van der Waals surface area contributed by atoms with Crippen LogP contribution in [0.2, 0.25) is 0 Å². The van der Waals surface area contributed by atoms with Crippen LogP contribution in [0.3, 0.4) is 0 Å². The zero-order valence-corrected chi connectivity index (χ0v) is 12.1. The van der Waals surface area contributed by atoms with Gasteiger partial charge in [0.1, 0.15) is 5.75 Å². The van der Waals surface area contributed by atoms with Crippen LogP contribution in [0, 0.1) is 6.92 Å². The van der Waals surface area contributed by atoms with Gasteiger partial charge in [0.2, 0.25) is 0 Å². The molecule has 1 fully saturated rings. The number of hydrogen-bond acceptors (Lipinski definition) is 4. The monoisotopic (exact) mass is 261 g/mol. The van der Waals surface area contributed by atoms with Crippen LogP contribution in [-0.4, -0.2) is 28.4 Å². The van der Waals surface area contributed by atoms with Crippen LogP contribution in [0.15, 0.2) is 18.2 Å². The van der Waals surface area contributed by atoms with E-state index in [9.17, 15) is 5.11 Å². The van der Waals surface area contributed by atoms with E-state index in [1.807, 2.05) is 33.7 Å². The van der Waals surface area contributed by atoms with Gasteiger partial charge in [0, 0.05) is 11.8 Å². The summed E-state index contributed by atoms with van der Waals surface area (Å²) in [5, 5.41) is 9.88. The van der Waals surface area contributed by atoms with Crippen molar-refractivity contribution in [2.24, 2.45) is 0 Å². The summed E-state index contributed by atoms with van der Waals surface area (Å²) in [6.07, 6.45) is 3.46. The second-order valence-electron chi connectivity index (χ2n) is 5.82. The van der Waals surface area contributed by atoms with Gasteiger partial charge in [0.15, 0.2) is 0 Å². The maximum atomic E-state index is 9.88. The highest BCUT2D eigenvalue weighted by atomic mass is 16.7. The number of aromatic nitrogens is 1. The van der Waals surface area contributed by atoms with Crippen LogP contribution < -0.4 is 0 Å². The predicted molar refractivity (Wildman–Crippen MR) is 75.8 cm³/mol. The molecule has 0 bridgehead atoms. The molecule has 0 aliphatic carbocycles. The van der Waals surface area contributed by atoms with Crippen molar-refractivity contribution in [2.75, 3.05) is 0 Å². The Bertz CT molecular complexity index is 495. The normalized spacial score (nSPS) is 21.2. The minimum Gasteiger partial charge on any atom is -0.505 e. The molecule has 4 nitrogen and oxygen atoms in total. The fourth-order valence-electron chi connectivity index (χ4n) is 1.86. The third kappa shape index (κ3) is 2.67. The molecule has 0 aromatic carbocycles. The molecule has 1 aromatic rings. The van der Waals surface area contributed by atoms with E-state index in [0.29, 0.717) is 11.3 Å². The fourth-order valence-corrected chi connectivity index (χ4v) is 1.86. The van der Waals surface area contributed by atoms with Crippen LogP contribution in [-0.2, 0) is 9.31 Å². The summed E-state index contributed by atoms with van der Waals surface area (Å²) in [6, 6.07) is 1.75. The number of rotatable bonds is 2. The van der Waals surface area contributed by atoms with Gasteiger partial charge in [0.05, 0.1) is 16.9 Å². The van der Waals surface area contributed by atoms with E-state index in [4.69, 9.17) is 9.31 Å². The molecule has 1 aromatic heterocycles. The van der Waals surface area contributed by atoms with Gasteiger partial charge in [-0.25, -0.2) is 0 Å². The molecule has 1 aliphatic rings. The topological polar surface area (TPSA) is 51.6 Å². The zero-order chi connectivity index (χ0) is 14.3. The molecule has 1 aliphatic heterocycles. The van der Waals surface area contributed by atoms with Crippen LogP contribution >= 0.6 is 0 Å².